The molecule has 2 saturated heterocycles. The largest absolute Gasteiger partial charge is 0.381 e. The third kappa shape index (κ3) is 2.94. The molecule has 2 bridgehead atoms. The van der Waals surface area contributed by atoms with Crippen LogP contribution in [0.3, 0.4) is 0 Å². The second-order valence-electron chi connectivity index (χ2n) is 7.91. The molecule has 3 aliphatic rings. The number of carbonyl (C=O) groups excluding carboxylic acids is 1. The van der Waals surface area contributed by atoms with E-state index >= 15 is 0 Å². The Kier molecular flexibility index (Phi) is 4.99. The molecule has 1 aromatic rings. The van der Waals surface area contributed by atoms with Gasteiger partial charge in [0.2, 0.25) is 0 Å². The number of fused-ring (bicyclic) bond motifs is 2. The molecule has 6 nitrogen and oxygen atoms in total. The minimum Gasteiger partial charge on any atom is -0.381 e. The van der Waals surface area contributed by atoms with Crippen molar-refractivity contribution < 1.29 is 14.3 Å². The van der Waals surface area contributed by atoms with Crippen LogP contribution in [0.2, 0.25) is 0 Å². The Morgan fingerprint density at radius 1 is 1.27 bits per heavy atom. The van der Waals surface area contributed by atoms with Crippen molar-refractivity contribution in [2.45, 2.75) is 43.7 Å². The molecule has 4 rings (SSSR count). The molecule has 142 valence electrons. The summed E-state index contributed by atoms with van der Waals surface area (Å²) in [6.07, 6.45) is 7.49. The van der Waals surface area contributed by atoms with Gasteiger partial charge in [-0.05, 0) is 43.4 Å². The van der Waals surface area contributed by atoms with Crippen LogP contribution in [0.1, 0.15) is 48.2 Å². The Labute approximate surface area is 155 Å². The fraction of sp³-hybridized carbons (Fsp3) is 0.700. The van der Waals surface area contributed by atoms with E-state index in [4.69, 9.17) is 15.2 Å². The van der Waals surface area contributed by atoms with Gasteiger partial charge in [-0.15, -0.1) is 0 Å². The zero-order valence-electron chi connectivity index (χ0n) is 15.5. The van der Waals surface area contributed by atoms with Gasteiger partial charge in [-0.1, -0.05) is 6.42 Å². The maximum Gasteiger partial charge on any atom is 0.267 e. The molecule has 1 aromatic heterocycles. The molecule has 0 unspecified atom stereocenters. The number of likely N-dealkylation sites (tertiary alicyclic amines) is 1. The molecule has 1 amide bonds. The molecular formula is C20H29N3O3. The lowest BCUT2D eigenvalue weighted by atomic mass is 9.62. The van der Waals surface area contributed by atoms with Crippen molar-refractivity contribution in [3.63, 3.8) is 0 Å². The van der Waals surface area contributed by atoms with Crippen LogP contribution in [-0.2, 0) is 15.1 Å². The number of rotatable bonds is 4. The van der Waals surface area contributed by atoms with Gasteiger partial charge in [-0.3, -0.25) is 14.7 Å². The van der Waals surface area contributed by atoms with Crippen molar-refractivity contribution in [3.05, 3.63) is 29.6 Å². The van der Waals surface area contributed by atoms with E-state index in [1.165, 1.54) is 6.42 Å². The van der Waals surface area contributed by atoms with E-state index in [0.29, 0.717) is 23.6 Å². The predicted molar refractivity (Wildman–Crippen MR) is 97.7 cm³/mol. The molecular weight excluding hydrogens is 330 g/mol. The van der Waals surface area contributed by atoms with Crippen LogP contribution in [0.4, 0.5) is 0 Å². The van der Waals surface area contributed by atoms with Crippen molar-refractivity contribution in [2.24, 2.45) is 17.6 Å². The number of hydrogen-bond acceptors (Lipinski definition) is 5. The Bertz CT molecular complexity index is 645. The predicted octanol–water partition coefficient (Wildman–Crippen LogP) is 1.93. The zero-order valence-corrected chi connectivity index (χ0v) is 15.5. The highest BCUT2D eigenvalue weighted by atomic mass is 16.5. The van der Waals surface area contributed by atoms with Crippen LogP contribution in [0.15, 0.2) is 18.3 Å². The highest BCUT2D eigenvalue weighted by molar-refractivity contribution is 5.90. The van der Waals surface area contributed by atoms with Gasteiger partial charge < -0.3 is 15.2 Å². The van der Waals surface area contributed by atoms with E-state index in [9.17, 15) is 4.79 Å². The van der Waals surface area contributed by atoms with E-state index in [-0.39, 0.29) is 5.60 Å². The summed E-state index contributed by atoms with van der Waals surface area (Å²) in [7, 11) is 1.82. The maximum atomic E-state index is 11.6. The van der Waals surface area contributed by atoms with E-state index in [0.717, 1.165) is 57.6 Å². The van der Waals surface area contributed by atoms with E-state index < -0.39 is 5.91 Å². The first kappa shape index (κ1) is 17.9. The lowest BCUT2D eigenvalue weighted by Gasteiger charge is -2.57. The average molecular weight is 359 g/mol. The lowest BCUT2D eigenvalue weighted by Crippen LogP contribution is -2.61. The van der Waals surface area contributed by atoms with Crippen LogP contribution < -0.4 is 5.73 Å². The first-order valence-corrected chi connectivity index (χ1v) is 9.78. The average Bonchev–Trinajstić information content (AvgIpc) is 2.67. The SMILES string of the molecule is CO[C@]1(c2ccnc(C(N)=O)c2)[C@@H]2CCC[C@H]1CN(C1CCOCC1)C2. The minimum absolute atomic E-state index is 0.323. The quantitative estimate of drug-likeness (QED) is 0.889. The molecule has 0 radical (unpaired) electrons. The Hall–Kier alpha value is -1.50. The minimum atomic E-state index is -0.483. The third-order valence-electron chi connectivity index (χ3n) is 6.74. The van der Waals surface area contributed by atoms with Gasteiger partial charge in [0.05, 0.1) is 0 Å². The Morgan fingerprint density at radius 2 is 1.96 bits per heavy atom. The van der Waals surface area contributed by atoms with Crippen molar-refractivity contribution in [3.8, 4) is 0 Å². The number of methoxy groups -OCH3 is 1. The topological polar surface area (TPSA) is 77.7 Å². The number of nitrogens with zero attached hydrogens (tertiary/aromatic N) is 2. The summed E-state index contributed by atoms with van der Waals surface area (Å²) in [5.74, 6) is 0.361. The number of ether oxygens (including phenoxy) is 2. The molecule has 26 heavy (non-hydrogen) atoms. The molecule has 2 aliphatic heterocycles. The van der Waals surface area contributed by atoms with E-state index in [1.54, 1.807) is 6.20 Å². The van der Waals surface area contributed by atoms with E-state index in [1.807, 2.05) is 19.2 Å². The third-order valence-corrected chi connectivity index (χ3v) is 6.74. The Morgan fingerprint density at radius 3 is 2.58 bits per heavy atom. The van der Waals surface area contributed by atoms with Gasteiger partial charge in [-0.2, -0.15) is 0 Å². The van der Waals surface area contributed by atoms with Gasteiger partial charge in [0.1, 0.15) is 11.3 Å². The summed E-state index contributed by atoms with van der Waals surface area (Å²) in [6.45, 7) is 3.84. The summed E-state index contributed by atoms with van der Waals surface area (Å²) in [4.78, 5) is 18.4. The van der Waals surface area contributed by atoms with Gasteiger partial charge >= 0.3 is 0 Å². The van der Waals surface area contributed by atoms with Crippen molar-refractivity contribution in [1.82, 2.24) is 9.88 Å². The highest BCUT2D eigenvalue weighted by Gasteiger charge is 2.54. The standard InChI is InChI=1S/C20H29N3O3/c1-25-20(14-5-8-22-18(11-14)19(21)24)15-3-2-4-16(20)13-23(12-15)17-6-9-26-10-7-17/h5,8,11,15-17H,2-4,6-7,9-10,12-13H2,1H3,(H2,21,24)/t15-,16+,20-. The van der Waals surface area contributed by atoms with Crippen molar-refractivity contribution in [1.29, 1.82) is 0 Å². The molecule has 3 heterocycles. The second kappa shape index (κ2) is 7.25. The molecule has 1 aliphatic carbocycles. The first-order valence-electron chi connectivity index (χ1n) is 9.78. The Balaban J connectivity index is 1.66. The maximum absolute atomic E-state index is 11.6. The summed E-state index contributed by atoms with van der Waals surface area (Å²) < 4.78 is 11.8. The second-order valence-corrected chi connectivity index (χ2v) is 7.91. The number of pyridine rings is 1. The van der Waals surface area contributed by atoms with Crippen LogP contribution in [0.25, 0.3) is 0 Å². The molecule has 0 aromatic carbocycles. The summed E-state index contributed by atoms with van der Waals surface area (Å²) in [6, 6.07) is 4.48. The van der Waals surface area contributed by atoms with Crippen molar-refractivity contribution >= 4 is 5.91 Å². The highest BCUT2D eigenvalue weighted by Crippen LogP contribution is 2.52. The number of piperidine rings is 1. The molecule has 3 fully saturated rings. The number of nitrogens with two attached hydrogens (primary N) is 1. The van der Waals surface area contributed by atoms with Gasteiger partial charge in [0.25, 0.3) is 5.91 Å². The fourth-order valence-electron chi connectivity index (χ4n) is 5.55. The van der Waals surface area contributed by atoms with Crippen LogP contribution >= 0.6 is 0 Å². The first-order chi connectivity index (χ1) is 12.6. The smallest absolute Gasteiger partial charge is 0.267 e. The molecule has 3 atom stereocenters. The molecule has 2 N–H and O–H groups in total. The monoisotopic (exact) mass is 359 g/mol. The molecule has 6 heteroatoms. The lowest BCUT2D eigenvalue weighted by molar-refractivity contribution is -0.177. The summed E-state index contributed by atoms with van der Waals surface area (Å²) in [5.41, 5.74) is 6.51. The van der Waals surface area contributed by atoms with Crippen LogP contribution in [0, 0.1) is 11.8 Å². The molecule has 0 spiro atoms. The number of carbonyl (C=O) groups is 1. The van der Waals surface area contributed by atoms with Gasteiger partial charge in [0.15, 0.2) is 0 Å². The summed E-state index contributed by atoms with van der Waals surface area (Å²) >= 11 is 0. The van der Waals surface area contributed by atoms with Crippen LogP contribution in [0.5, 0.6) is 0 Å². The number of amides is 1. The number of hydrogen-bond donors (Lipinski definition) is 1. The fourth-order valence-corrected chi connectivity index (χ4v) is 5.55. The number of aromatic nitrogens is 1. The number of primary amides is 1. The van der Waals surface area contributed by atoms with Gasteiger partial charge in [-0.25, -0.2) is 0 Å². The van der Waals surface area contributed by atoms with Gasteiger partial charge in [0, 0.05) is 57.5 Å². The summed E-state index contributed by atoms with van der Waals surface area (Å²) in [5, 5.41) is 0. The molecule has 1 saturated carbocycles. The zero-order chi connectivity index (χ0) is 18.1. The van der Waals surface area contributed by atoms with Crippen LogP contribution in [-0.4, -0.2) is 55.2 Å². The van der Waals surface area contributed by atoms with E-state index in [2.05, 4.69) is 9.88 Å². The normalized spacial score (nSPS) is 33.1. The van der Waals surface area contributed by atoms with Crippen molar-refractivity contribution in [2.75, 3.05) is 33.4 Å².